The smallest absolute Gasteiger partial charge is 0.336 e. The largest absolute Gasteiger partial charge is 0.494 e. The normalized spacial score (nSPS) is 12.7. The van der Waals surface area contributed by atoms with E-state index in [-0.39, 0.29) is 99.6 Å². The zero-order valence-corrected chi connectivity index (χ0v) is 27.7. The molecule has 2 amide bonds. The quantitative estimate of drug-likeness (QED) is 0.194. The molecular formula is C36H30N6O10. The van der Waals surface area contributed by atoms with Crippen LogP contribution in [0.5, 0.6) is 23.0 Å². The van der Waals surface area contributed by atoms with Gasteiger partial charge in [0.2, 0.25) is 0 Å². The Morgan fingerprint density at radius 3 is 1.58 bits per heavy atom. The summed E-state index contributed by atoms with van der Waals surface area (Å²) in [7, 11) is 2.74. The van der Waals surface area contributed by atoms with E-state index >= 15 is 0 Å². The number of nitrogens with zero attached hydrogens (tertiary/aromatic N) is 4. The molecule has 8 rings (SSSR count). The summed E-state index contributed by atoms with van der Waals surface area (Å²) in [6, 6.07) is 15.3. The SMILES string of the molecule is COc1c(C(N)=O)ccc2c1nc1n2CCn2c(nc3c(OC)c(C(N)=O)ccc32)-c2cc(ccc2C(=O)O)OCCOc2ccc-1c(C(=O)O)c2. The van der Waals surface area contributed by atoms with E-state index < -0.39 is 23.8 Å². The number of primary amides is 2. The van der Waals surface area contributed by atoms with Gasteiger partial charge in [0.05, 0.1) is 47.5 Å². The molecule has 6 aromatic rings. The molecule has 16 nitrogen and oxygen atoms in total. The van der Waals surface area contributed by atoms with Crippen LogP contribution in [0, 0.1) is 0 Å². The molecule has 16 heteroatoms. The lowest BCUT2D eigenvalue weighted by atomic mass is 10.1. The number of amides is 2. The van der Waals surface area contributed by atoms with Gasteiger partial charge in [-0.25, -0.2) is 19.6 Å². The molecule has 0 aliphatic carbocycles. The average Bonchev–Trinajstić information content (AvgIpc) is 3.69. The lowest BCUT2D eigenvalue weighted by Gasteiger charge is -2.16. The van der Waals surface area contributed by atoms with E-state index in [4.69, 9.17) is 40.4 Å². The Balaban J connectivity index is 1.54. The Kier molecular flexibility index (Phi) is 8.34. The van der Waals surface area contributed by atoms with Gasteiger partial charge in [0.15, 0.2) is 11.5 Å². The number of hydrogen-bond acceptors (Lipinski definition) is 10. The highest BCUT2D eigenvalue weighted by atomic mass is 16.5. The Morgan fingerprint density at radius 2 is 1.10 bits per heavy atom. The molecule has 0 saturated heterocycles. The van der Waals surface area contributed by atoms with Crippen LogP contribution in [-0.4, -0.2) is 80.5 Å². The maximum Gasteiger partial charge on any atom is 0.336 e. The molecule has 2 aliphatic rings. The first-order valence-corrected chi connectivity index (χ1v) is 15.8. The summed E-state index contributed by atoms with van der Waals surface area (Å²) >= 11 is 0. The number of aromatic carboxylic acids is 2. The summed E-state index contributed by atoms with van der Waals surface area (Å²) in [5.74, 6) is -2.75. The van der Waals surface area contributed by atoms with E-state index in [1.807, 2.05) is 0 Å². The molecule has 264 valence electrons. The highest BCUT2D eigenvalue weighted by molar-refractivity contribution is 6.04. The third-order valence-electron chi connectivity index (χ3n) is 8.78. The van der Waals surface area contributed by atoms with Crippen LogP contribution in [0.2, 0.25) is 0 Å². The maximum atomic E-state index is 12.7. The Morgan fingerprint density at radius 1 is 0.635 bits per heavy atom. The van der Waals surface area contributed by atoms with Gasteiger partial charge < -0.3 is 49.8 Å². The highest BCUT2D eigenvalue weighted by Gasteiger charge is 2.27. The van der Waals surface area contributed by atoms with Crippen LogP contribution in [0.4, 0.5) is 0 Å². The highest BCUT2D eigenvalue weighted by Crippen LogP contribution is 2.38. The molecule has 0 unspecified atom stereocenters. The number of rotatable bonds is 6. The molecule has 0 atom stereocenters. The first-order valence-electron chi connectivity index (χ1n) is 15.8. The Hall–Kier alpha value is -7.10. The number of ether oxygens (including phenoxy) is 4. The number of imidazole rings is 2. The maximum absolute atomic E-state index is 12.7. The fourth-order valence-corrected chi connectivity index (χ4v) is 6.49. The van der Waals surface area contributed by atoms with E-state index in [0.29, 0.717) is 16.8 Å². The molecule has 4 heterocycles. The number of fused-ring (bicyclic) bond motifs is 8. The number of aryl methyl sites for hydroxylation is 2. The minimum atomic E-state index is -1.24. The lowest BCUT2D eigenvalue weighted by molar-refractivity contribution is 0.0686. The van der Waals surface area contributed by atoms with Gasteiger partial charge in [-0.2, -0.15) is 0 Å². The third kappa shape index (κ3) is 5.51. The van der Waals surface area contributed by atoms with Crippen LogP contribution < -0.4 is 30.4 Å². The first kappa shape index (κ1) is 33.4. The Bertz CT molecular complexity index is 2480. The van der Waals surface area contributed by atoms with Gasteiger partial charge in [-0.3, -0.25) is 9.59 Å². The zero-order valence-electron chi connectivity index (χ0n) is 27.7. The molecule has 0 saturated carbocycles. The number of carboxylic acids is 2. The topological polar surface area (TPSA) is 233 Å². The van der Waals surface area contributed by atoms with Crippen molar-refractivity contribution in [3.63, 3.8) is 0 Å². The van der Waals surface area contributed by atoms with E-state index in [1.165, 1.54) is 44.6 Å². The van der Waals surface area contributed by atoms with Crippen LogP contribution >= 0.6 is 0 Å². The zero-order chi connectivity index (χ0) is 36.8. The average molecular weight is 707 g/mol. The van der Waals surface area contributed by atoms with Gasteiger partial charge in [-0.1, -0.05) is 0 Å². The Labute approximate surface area is 293 Å². The second-order valence-electron chi connectivity index (χ2n) is 11.7. The third-order valence-corrected chi connectivity index (χ3v) is 8.78. The number of nitrogens with two attached hydrogens (primary N) is 2. The summed E-state index contributed by atoms with van der Waals surface area (Å²) < 4.78 is 26.5. The monoisotopic (exact) mass is 706 g/mol. The summed E-state index contributed by atoms with van der Waals surface area (Å²) in [5.41, 5.74) is 13.2. The van der Waals surface area contributed by atoms with Crippen LogP contribution in [-0.2, 0) is 13.1 Å². The molecule has 2 aromatic heterocycles. The standard InChI is InChI=1S/C36H30N6O10/c1-49-29-21(31(37)43)7-9-25-27(29)39-33-19-5-3-18(16-24(19)36(47)48)52-14-13-51-17-4-6-20(35(45)46)23(15-17)34-40-28-26(42(34)12-11-41(25)33)10-8-22(32(38)44)30(28)50-2/h3-10,15-16H,11-14H2,1-2H3,(H2,37,43)(H2,38,44)(H,45,46)(H,47,48). The minimum absolute atomic E-state index is 0.0195. The summed E-state index contributed by atoms with van der Waals surface area (Å²) in [4.78, 5) is 59.6. The fraction of sp³-hybridized carbons (Fsp3) is 0.167. The molecule has 2 aliphatic heterocycles. The fourth-order valence-electron chi connectivity index (χ4n) is 6.49. The molecule has 52 heavy (non-hydrogen) atoms. The second-order valence-corrected chi connectivity index (χ2v) is 11.7. The van der Waals surface area contributed by atoms with E-state index in [1.54, 1.807) is 39.5 Å². The number of carboxylic acid groups (broad SMARTS) is 2. The summed E-state index contributed by atoms with van der Waals surface area (Å²) in [5, 5.41) is 20.6. The lowest BCUT2D eigenvalue weighted by Crippen LogP contribution is -2.14. The van der Waals surface area contributed by atoms with Crippen molar-refractivity contribution >= 4 is 45.8 Å². The summed E-state index contributed by atoms with van der Waals surface area (Å²) in [6.07, 6.45) is 0. The van der Waals surface area contributed by atoms with Crippen molar-refractivity contribution in [2.45, 2.75) is 13.1 Å². The number of carbonyl (C=O) groups excluding carboxylic acids is 2. The van der Waals surface area contributed by atoms with Crippen molar-refractivity contribution in [1.82, 2.24) is 19.1 Å². The number of carbonyl (C=O) groups is 4. The van der Waals surface area contributed by atoms with Crippen LogP contribution in [0.15, 0.2) is 60.7 Å². The van der Waals surface area contributed by atoms with Crippen LogP contribution in [0.3, 0.4) is 0 Å². The second kappa shape index (κ2) is 13.0. The first-order chi connectivity index (χ1) is 25.0. The number of methoxy groups -OCH3 is 2. The van der Waals surface area contributed by atoms with Crippen molar-refractivity contribution in [3.05, 3.63) is 82.9 Å². The molecule has 0 radical (unpaired) electrons. The number of aromatic nitrogens is 4. The van der Waals surface area contributed by atoms with Gasteiger partial charge in [0.25, 0.3) is 11.8 Å². The minimum Gasteiger partial charge on any atom is -0.494 e. The molecule has 0 fully saturated rings. The van der Waals surface area contributed by atoms with Crippen molar-refractivity contribution < 1.29 is 48.3 Å². The molecular weight excluding hydrogens is 676 g/mol. The summed E-state index contributed by atoms with van der Waals surface area (Å²) in [6.45, 7) is 0.238. The van der Waals surface area contributed by atoms with Gasteiger partial charge in [-0.15, -0.1) is 0 Å². The molecule has 6 N–H and O–H groups in total. The van der Waals surface area contributed by atoms with Crippen molar-refractivity contribution in [1.29, 1.82) is 0 Å². The molecule has 4 aromatic carbocycles. The van der Waals surface area contributed by atoms with Crippen molar-refractivity contribution in [2.24, 2.45) is 11.5 Å². The van der Waals surface area contributed by atoms with E-state index in [9.17, 15) is 29.4 Å². The van der Waals surface area contributed by atoms with Crippen LogP contribution in [0.25, 0.3) is 44.8 Å². The predicted octanol–water partition coefficient (Wildman–Crippen LogP) is 3.80. The van der Waals surface area contributed by atoms with Crippen molar-refractivity contribution in [2.75, 3.05) is 27.4 Å². The van der Waals surface area contributed by atoms with Crippen molar-refractivity contribution in [3.8, 4) is 45.8 Å². The van der Waals surface area contributed by atoms with Gasteiger partial charge >= 0.3 is 11.9 Å². The van der Waals surface area contributed by atoms with E-state index in [0.717, 1.165) is 0 Å². The number of benzene rings is 4. The van der Waals surface area contributed by atoms with Gasteiger partial charge in [-0.05, 0) is 60.7 Å². The van der Waals surface area contributed by atoms with Gasteiger partial charge in [0, 0.05) is 24.2 Å². The van der Waals surface area contributed by atoms with E-state index in [2.05, 4.69) is 0 Å². The number of hydrogen-bond donors (Lipinski definition) is 4. The van der Waals surface area contributed by atoms with Gasteiger partial charge in [0.1, 0.15) is 47.4 Å². The molecule has 0 spiro atoms. The predicted molar refractivity (Wildman–Crippen MR) is 185 cm³/mol. The molecule has 4 bridgehead atoms. The van der Waals surface area contributed by atoms with Crippen LogP contribution in [0.1, 0.15) is 41.4 Å².